The van der Waals surface area contributed by atoms with Gasteiger partial charge >= 0.3 is 0 Å². The Labute approximate surface area is 137 Å². The van der Waals surface area contributed by atoms with Crippen molar-refractivity contribution in [2.45, 2.75) is 24.9 Å². The highest BCUT2D eigenvalue weighted by Crippen LogP contribution is 2.36. The Bertz CT molecular complexity index is 890. The molecule has 0 saturated heterocycles. The fourth-order valence-electron chi connectivity index (χ4n) is 2.81. The molecule has 8 nitrogen and oxygen atoms in total. The average molecular weight is 350 g/mol. The summed E-state index contributed by atoms with van der Waals surface area (Å²) in [6, 6.07) is 2.20. The second kappa shape index (κ2) is 5.87. The van der Waals surface area contributed by atoms with E-state index >= 15 is 0 Å². The predicted octanol–water partition coefficient (Wildman–Crippen LogP) is 1.14. The highest BCUT2D eigenvalue weighted by atomic mass is 32.2. The highest BCUT2D eigenvalue weighted by Gasteiger charge is 2.30. The maximum absolute atomic E-state index is 10.7. The molecule has 0 aliphatic heterocycles. The first-order valence-corrected chi connectivity index (χ1v) is 9.16. The molecule has 0 atom stereocenters. The van der Waals surface area contributed by atoms with Crippen molar-refractivity contribution in [1.82, 2.24) is 24.9 Å². The van der Waals surface area contributed by atoms with Crippen molar-refractivity contribution >= 4 is 38.9 Å². The summed E-state index contributed by atoms with van der Waals surface area (Å²) >= 11 is 1.46. The topological polar surface area (TPSA) is 113 Å². The number of hydrogen-bond acceptors (Lipinski definition) is 7. The third kappa shape index (κ3) is 2.80. The monoisotopic (exact) mass is 350 g/mol. The van der Waals surface area contributed by atoms with E-state index in [0.717, 1.165) is 40.1 Å². The van der Waals surface area contributed by atoms with E-state index in [0.29, 0.717) is 0 Å². The van der Waals surface area contributed by atoms with E-state index in [2.05, 4.69) is 30.2 Å². The van der Waals surface area contributed by atoms with Gasteiger partial charge < -0.3 is 10.3 Å². The van der Waals surface area contributed by atoms with Crippen molar-refractivity contribution in [2.75, 3.05) is 5.32 Å². The third-order valence-corrected chi connectivity index (χ3v) is 5.25. The van der Waals surface area contributed by atoms with Crippen LogP contribution in [0.5, 0.6) is 0 Å². The van der Waals surface area contributed by atoms with Gasteiger partial charge in [-0.3, -0.25) is 0 Å². The van der Waals surface area contributed by atoms with Gasteiger partial charge in [-0.1, -0.05) is 11.3 Å². The molecule has 1 fully saturated rings. The summed E-state index contributed by atoms with van der Waals surface area (Å²) in [5, 5.41) is 13.3. The van der Waals surface area contributed by atoms with Gasteiger partial charge in [-0.15, -0.1) is 10.2 Å². The average Bonchev–Trinajstić information content (AvgIpc) is 3.15. The fourth-order valence-corrected chi connectivity index (χ4v) is 3.89. The van der Waals surface area contributed by atoms with Crippen molar-refractivity contribution in [3.8, 4) is 10.6 Å². The Morgan fingerprint density at radius 2 is 2.17 bits per heavy atom. The second-order valence-corrected chi connectivity index (χ2v) is 7.03. The lowest BCUT2D eigenvalue weighted by Gasteiger charge is -2.36. The van der Waals surface area contributed by atoms with Gasteiger partial charge in [0.15, 0.2) is 5.01 Å². The number of hydrogen-bond donors (Lipinski definition) is 4. The molecule has 3 heterocycles. The summed E-state index contributed by atoms with van der Waals surface area (Å²) in [5.41, 5.74) is 4.36. The summed E-state index contributed by atoms with van der Waals surface area (Å²) in [6.07, 6.45) is 5.14. The van der Waals surface area contributed by atoms with E-state index in [4.69, 9.17) is 0 Å². The van der Waals surface area contributed by atoms with Crippen LogP contribution in [0.15, 0.2) is 24.0 Å². The van der Waals surface area contributed by atoms with Crippen LogP contribution in [0.25, 0.3) is 21.6 Å². The zero-order valence-corrected chi connectivity index (χ0v) is 13.6. The van der Waals surface area contributed by atoms with E-state index in [1.165, 1.54) is 11.3 Å². The number of thiol groups is 1. The molecular weight excluding hydrogens is 336 g/mol. The molecule has 1 saturated carbocycles. The van der Waals surface area contributed by atoms with Crippen LogP contribution in [0.3, 0.4) is 0 Å². The van der Waals surface area contributed by atoms with Crippen LogP contribution in [-0.2, 0) is 10.9 Å². The standard InChI is InChI=1S/C13H14N6O2S2/c20-23(21)19-8-3-7(4-8)17-11-9-1-2-14-12(9)15-5-10(11)13-18-16-6-22-13/h1-2,5-8,23H,3-4H2,(H2,14,15,17)(H,19,20,21)/t7-,8+. The molecule has 0 radical (unpaired) electrons. The Kier molecular flexibility index (Phi) is 3.71. The van der Waals surface area contributed by atoms with E-state index in [1.807, 2.05) is 12.3 Å². The molecule has 0 unspecified atom stereocenters. The number of fused-ring (bicyclic) bond motifs is 1. The quantitative estimate of drug-likeness (QED) is 0.513. The van der Waals surface area contributed by atoms with Gasteiger partial charge in [-0.2, -0.15) is 0 Å². The van der Waals surface area contributed by atoms with E-state index in [-0.39, 0.29) is 12.1 Å². The molecule has 1 aliphatic rings. The van der Waals surface area contributed by atoms with Crippen LogP contribution in [0.2, 0.25) is 0 Å². The van der Waals surface area contributed by atoms with Gasteiger partial charge in [0.25, 0.3) is 0 Å². The maximum Gasteiger partial charge on any atom is 0.201 e. The lowest BCUT2D eigenvalue weighted by molar-refractivity contribution is 0.349. The van der Waals surface area contributed by atoms with Crippen LogP contribution in [0, 0.1) is 0 Å². The van der Waals surface area contributed by atoms with Crippen LogP contribution >= 0.6 is 11.3 Å². The molecule has 0 aromatic carbocycles. The second-order valence-electron chi connectivity index (χ2n) is 5.43. The zero-order valence-electron chi connectivity index (χ0n) is 11.9. The lowest BCUT2D eigenvalue weighted by Crippen LogP contribution is -2.47. The molecular formula is C13H14N6O2S2. The molecule has 3 aromatic heterocycles. The first-order valence-electron chi connectivity index (χ1n) is 7.10. The van der Waals surface area contributed by atoms with Gasteiger partial charge in [0.05, 0.1) is 11.3 Å². The molecule has 23 heavy (non-hydrogen) atoms. The summed E-state index contributed by atoms with van der Waals surface area (Å²) in [5.74, 6) is 0. The van der Waals surface area contributed by atoms with Gasteiger partial charge in [-0.25, -0.2) is 18.1 Å². The number of H-pyrrole nitrogens is 1. The minimum atomic E-state index is -2.54. The van der Waals surface area contributed by atoms with Crippen molar-refractivity contribution < 1.29 is 8.42 Å². The van der Waals surface area contributed by atoms with E-state index < -0.39 is 10.9 Å². The molecule has 4 rings (SSSR count). The van der Waals surface area contributed by atoms with Crippen LogP contribution in [0.1, 0.15) is 12.8 Å². The largest absolute Gasteiger partial charge is 0.381 e. The van der Waals surface area contributed by atoms with Gasteiger partial charge in [-0.05, 0) is 18.9 Å². The van der Waals surface area contributed by atoms with Crippen molar-refractivity contribution in [3.05, 3.63) is 24.0 Å². The number of nitrogens with zero attached hydrogens (tertiary/aromatic N) is 3. The minimum Gasteiger partial charge on any atom is -0.381 e. The number of pyridine rings is 1. The molecule has 3 N–H and O–H groups in total. The maximum atomic E-state index is 10.7. The molecule has 1 aliphatic carbocycles. The summed E-state index contributed by atoms with van der Waals surface area (Å²) in [7, 11) is -2.54. The fraction of sp³-hybridized carbons (Fsp3) is 0.308. The first-order chi connectivity index (χ1) is 11.2. The zero-order chi connectivity index (χ0) is 15.8. The molecule has 0 amide bonds. The highest BCUT2D eigenvalue weighted by molar-refractivity contribution is 7.70. The third-order valence-electron chi connectivity index (χ3n) is 3.95. The van der Waals surface area contributed by atoms with Gasteiger partial charge in [0.1, 0.15) is 11.2 Å². The lowest BCUT2D eigenvalue weighted by atomic mass is 9.87. The number of aromatic amines is 1. The molecule has 0 spiro atoms. The Balaban J connectivity index is 1.63. The molecule has 0 bridgehead atoms. The Hall–Kier alpha value is -2.04. The summed E-state index contributed by atoms with van der Waals surface area (Å²) < 4.78 is 23.9. The van der Waals surface area contributed by atoms with Gasteiger partial charge in [0.2, 0.25) is 10.9 Å². The number of rotatable bonds is 5. The van der Waals surface area contributed by atoms with Crippen LogP contribution < -0.4 is 10.0 Å². The Morgan fingerprint density at radius 1 is 1.30 bits per heavy atom. The number of anilines is 1. The molecule has 120 valence electrons. The van der Waals surface area contributed by atoms with Gasteiger partial charge in [0, 0.05) is 29.9 Å². The summed E-state index contributed by atoms with van der Waals surface area (Å²) in [4.78, 5) is 7.51. The van der Waals surface area contributed by atoms with Crippen molar-refractivity contribution in [3.63, 3.8) is 0 Å². The number of nitrogens with one attached hydrogen (secondary N) is 3. The van der Waals surface area contributed by atoms with Crippen LogP contribution in [-0.4, -0.2) is 40.7 Å². The normalized spacial score (nSPS) is 20.7. The SMILES string of the molecule is O=[SH](=O)N[C@H]1C[C@@H](Nc2c(-c3nncs3)cnc3[nH]ccc23)C1. The first kappa shape index (κ1) is 14.5. The van der Waals surface area contributed by atoms with Crippen molar-refractivity contribution in [2.24, 2.45) is 0 Å². The molecule has 3 aromatic rings. The smallest absolute Gasteiger partial charge is 0.201 e. The Morgan fingerprint density at radius 3 is 2.91 bits per heavy atom. The van der Waals surface area contributed by atoms with E-state index in [9.17, 15) is 8.42 Å². The van der Waals surface area contributed by atoms with E-state index in [1.54, 1.807) is 11.7 Å². The van der Waals surface area contributed by atoms with Crippen molar-refractivity contribution in [1.29, 1.82) is 0 Å². The minimum absolute atomic E-state index is 0.0159. The predicted molar refractivity (Wildman–Crippen MR) is 88.9 cm³/mol. The summed E-state index contributed by atoms with van der Waals surface area (Å²) in [6.45, 7) is 0. The van der Waals surface area contributed by atoms with Crippen LogP contribution in [0.4, 0.5) is 5.69 Å². The number of aromatic nitrogens is 4. The molecule has 10 heteroatoms.